The Bertz CT molecular complexity index is 793. The molecule has 4 rings (SSSR count). The Morgan fingerprint density at radius 3 is 3.05 bits per heavy atom. The summed E-state index contributed by atoms with van der Waals surface area (Å²) in [5, 5.41) is 14.5. The lowest BCUT2D eigenvalue weighted by molar-refractivity contribution is 0.0700. The van der Waals surface area contributed by atoms with Crippen molar-refractivity contribution in [1.29, 1.82) is 0 Å². The number of nitrogens with one attached hydrogen (secondary N) is 2. The average Bonchev–Trinajstić information content (AvgIpc) is 3.25. The van der Waals surface area contributed by atoms with Gasteiger partial charge in [0.15, 0.2) is 5.65 Å². The summed E-state index contributed by atoms with van der Waals surface area (Å²) in [4.78, 5) is 18.9. The molecule has 0 aromatic carbocycles. The molecule has 1 fully saturated rings. The second kappa shape index (κ2) is 5.25. The number of aromatic amines is 2. The van der Waals surface area contributed by atoms with Crippen molar-refractivity contribution in [3.8, 4) is 0 Å². The molecule has 3 aromatic rings. The van der Waals surface area contributed by atoms with E-state index in [0.29, 0.717) is 12.2 Å². The van der Waals surface area contributed by atoms with E-state index in [4.69, 9.17) is 0 Å². The van der Waals surface area contributed by atoms with Gasteiger partial charge in [-0.1, -0.05) is 0 Å². The summed E-state index contributed by atoms with van der Waals surface area (Å²) in [5.41, 5.74) is 2.35. The number of fused-ring (bicyclic) bond motifs is 1. The second-order valence-corrected chi connectivity index (χ2v) is 5.60. The summed E-state index contributed by atoms with van der Waals surface area (Å²) in [5.74, 6) is 0.262. The highest BCUT2D eigenvalue weighted by atomic mass is 16.2. The van der Waals surface area contributed by atoms with Crippen molar-refractivity contribution in [1.82, 2.24) is 30.3 Å². The van der Waals surface area contributed by atoms with Crippen LogP contribution in [0.5, 0.6) is 0 Å². The third kappa shape index (κ3) is 2.24. The molecule has 1 unspecified atom stereocenters. The van der Waals surface area contributed by atoms with Gasteiger partial charge in [0.2, 0.25) is 0 Å². The molecule has 1 aliphatic rings. The Morgan fingerprint density at radius 2 is 2.18 bits per heavy atom. The van der Waals surface area contributed by atoms with Gasteiger partial charge in [0.1, 0.15) is 5.69 Å². The average molecular weight is 296 g/mol. The van der Waals surface area contributed by atoms with Crippen molar-refractivity contribution in [2.75, 3.05) is 13.1 Å². The molecule has 0 bridgehead atoms. The van der Waals surface area contributed by atoms with Gasteiger partial charge in [0.25, 0.3) is 5.91 Å². The van der Waals surface area contributed by atoms with Crippen LogP contribution in [0.25, 0.3) is 11.0 Å². The largest absolute Gasteiger partial charge is 0.337 e. The maximum Gasteiger partial charge on any atom is 0.271 e. The maximum absolute atomic E-state index is 12.4. The third-order valence-electron chi connectivity index (χ3n) is 4.18. The molecule has 4 heterocycles. The number of hydrogen-bond donors (Lipinski definition) is 2. The Kier molecular flexibility index (Phi) is 3.10. The van der Waals surface area contributed by atoms with Crippen molar-refractivity contribution in [3.63, 3.8) is 0 Å². The first-order valence-corrected chi connectivity index (χ1v) is 7.40. The highest BCUT2D eigenvalue weighted by Crippen LogP contribution is 2.27. The van der Waals surface area contributed by atoms with Crippen molar-refractivity contribution < 1.29 is 4.79 Å². The molecule has 7 nitrogen and oxygen atoms in total. The lowest BCUT2D eigenvalue weighted by atomic mass is 9.94. The minimum absolute atomic E-state index is 0.00446. The number of amides is 1. The molecule has 0 saturated carbocycles. The number of likely N-dealkylation sites (tertiary alicyclic amines) is 1. The van der Waals surface area contributed by atoms with Crippen LogP contribution in [0.15, 0.2) is 30.6 Å². The highest BCUT2D eigenvalue weighted by Gasteiger charge is 2.27. The van der Waals surface area contributed by atoms with E-state index in [2.05, 4.69) is 25.4 Å². The summed E-state index contributed by atoms with van der Waals surface area (Å²) >= 11 is 0. The Balaban J connectivity index is 1.56. The number of piperidine rings is 1. The van der Waals surface area contributed by atoms with Crippen LogP contribution in [0, 0.1) is 0 Å². The summed E-state index contributed by atoms with van der Waals surface area (Å²) in [7, 11) is 0. The Labute approximate surface area is 126 Å². The number of hydrogen-bond acceptors (Lipinski definition) is 4. The van der Waals surface area contributed by atoms with Crippen LogP contribution < -0.4 is 0 Å². The van der Waals surface area contributed by atoms with Crippen molar-refractivity contribution in [2.45, 2.75) is 18.8 Å². The third-order valence-corrected chi connectivity index (χ3v) is 4.18. The predicted octanol–water partition coefficient (Wildman–Crippen LogP) is 1.70. The fourth-order valence-electron chi connectivity index (χ4n) is 3.02. The van der Waals surface area contributed by atoms with Gasteiger partial charge < -0.3 is 4.90 Å². The second-order valence-electron chi connectivity index (χ2n) is 5.60. The number of carbonyl (C=O) groups excluding carboxylic acids is 1. The summed E-state index contributed by atoms with van der Waals surface area (Å²) in [6.45, 7) is 1.46. The van der Waals surface area contributed by atoms with Crippen LogP contribution in [0.1, 0.15) is 34.9 Å². The molecule has 1 saturated heterocycles. The molecule has 7 heteroatoms. The summed E-state index contributed by atoms with van der Waals surface area (Å²) in [6.07, 6.45) is 5.38. The van der Waals surface area contributed by atoms with Gasteiger partial charge in [0, 0.05) is 36.3 Å². The molecular weight excluding hydrogens is 280 g/mol. The summed E-state index contributed by atoms with van der Waals surface area (Å²) in [6, 6.07) is 5.77. The number of nitrogens with zero attached hydrogens (tertiary/aromatic N) is 4. The highest BCUT2D eigenvalue weighted by molar-refractivity contribution is 5.92. The van der Waals surface area contributed by atoms with Gasteiger partial charge in [-0.2, -0.15) is 10.2 Å². The van der Waals surface area contributed by atoms with Crippen molar-refractivity contribution in [3.05, 3.63) is 42.0 Å². The van der Waals surface area contributed by atoms with E-state index in [0.717, 1.165) is 36.1 Å². The molecule has 0 spiro atoms. The fraction of sp³-hybridized carbons (Fsp3) is 0.333. The number of rotatable bonds is 2. The van der Waals surface area contributed by atoms with Gasteiger partial charge >= 0.3 is 0 Å². The van der Waals surface area contributed by atoms with Gasteiger partial charge in [-0.05, 0) is 31.0 Å². The topological polar surface area (TPSA) is 90.6 Å². The van der Waals surface area contributed by atoms with Crippen LogP contribution in [-0.4, -0.2) is 49.3 Å². The van der Waals surface area contributed by atoms with E-state index >= 15 is 0 Å². The standard InChI is InChI=1S/C15H16N6O/c22-15(13-5-6-16-19-13)21-7-1-2-11(9-21)12-4-3-10-8-17-20-14(10)18-12/h3-6,8,11H,1-2,7,9H2,(H,16,19)(H,17,18,20). The lowest BCUT2D eigenvalue weighted by Gasteiger charge is -2.32. The van der Waals surface area contributed by atoms with Crippen LogP contribution in [-0.2, 0) is 0 Å². The smallest absolute Gasteiger partial charge is 0.271 e. The van der Waals surface area contributed by atoms with E-state index in [1.54, 1.807) is 18.5 Å². The minimum Gasteiger partial charge on any atom is -0.337 e. The van der Waals surface area contributed by atoms with Crippen molar-refractivity contribution >= 4 is 16.9 Å². The molecular formula is C15H16N6O. The summed E-state index contributed by atoms with van der Waals surface area (Å²) < 4.78 is 0. The molecule has 22 heavy (non-hydrogen) atoms. The first-order valence-electron chi connectivity index (χ1n) is 7.40. The SMILES string of the molecule is O=C(c1ccn[nH]1)N1CCCC(c2ccc3cn[nH]c3n2)C1. The lowest BCUT2D eigenvalue weighted by Crippen LogP contribution is -2.39. The molecule has 3 aromatic heterocycles. The molecule has 112 valence electrons. The van der Waals surface area contributed by atoms with Gasteiger partial charge in [-0.25, -0.2) is 4.98 Å². The van der Waals surface area contributed by atoms with E-state index < -0.39 is 0 Å². The zero-order valence-corrected chi connectivity index (χ0v) is 12.0. The van der Waals surface area contributed by atoms with Crippen LogP contribution in [0.3, 0.4) is 0 Å². The van der Waals surface area contributed by atoms with E-state index in [1.807, 2.05) is 17.0 Å². The van der Waals surface area contributed by atoms with Gasteiger partial charge in [0.05, 0.1) is 6.20 Å². The normalized spacial score (nSPS) is 18.7. The monoisotopic (exact) mass is 296 g/mol. The van der Waals surface area contributed by atoms with E-state index in [-0.39, 0.29) is 11.8 Å². The number of pyridine rings is 1. The zero-order chi connectivity index (χ0) is 14.9. The van der Waals surface area contributed by atoms with Crippen molar-refractivity contribution in [2.24, 2.45) is 0 Å². The number of carbonyl (C=O) groups is 1. The van der Waals surface area contributed by atoms with E-state index in [1.165, 1.54) is 0 Å². The number of H-pyrrole nitrogens is 2. The molecule has 0 aliphatic carbocycles. The number of aromatic nitrogens is 5. The molecule has 0 radical (unpaired) electrons. The molecule has 1 atom stereocenters. The quantitative estimate of drug-likeness (QED) is 0.753. The zero-order valence-electron chi connectivity index (χ0n) is 12.0. The van der Waals surface area contributed by atoms with Gasteiger partial charge in [-0.3, -0.25) is 15.0 Å². The van der Waals surface area contributed by atoms with E-state index in [9.17, 15) is 4.79 Å². The maximum atomic E-state index is 12.4. The van der Waals surface area contributed by atoms with Crippen LogP contribution in [0.2, 0.25) is 0 Å². The minimum atomic E-state index is 0.00446. The Morgan fingerprint density at radius 1 is 1.23 bits per heavy atom. The Hall–Kier alpha value is -2.70. The molecule has 2 N–H and O–H groups in total. The molecule has 1 amide bonds. The van der Waals surface area contributed by atoms with Crippen LogP contribution in [0.4, 0.5) is 0 Å². The predicted molar refractivity (Wildman–Crippen MR) is 80.4 cm³/mol. The fourth-order valence-corrected chi connectivity index (χ4v) is 3.02. The van der Waals surface area contributed by atoms with Gasteiger partial charge in [-0.15, -0.1) is 0 Å². The first kappa shape index (κ1) is 13.0. The first-order chi connectivity index (χ1) is 10.8. The van der Waals surface area contributed by atoms with Crippen LogP contribution >= 0.6 is 0 Å². The molecule has 1 aliphatic heterocycles.